The zero-order valence-corrected chi connectivity index (χ0v) is 27.9. The van der Waals surface area contributed by atoms with Gasteiger partial charge in [-0.1, -0.05) is 45.0 Å². The summed E-state index contributed by atoms with van der Waals surface area (Å²) in [7, 11) is 4.37. The largest absolute Gasteiger partial charge is 0.328 e. The van der Waals surface area contributed by atoms with Crippen molar-refractivity contribution >= 4 is 11.9 Å². The Morgan fingerprint density at radius 2 is 1.76 bits per heavy atom. The van der Waals surface area contributed by atoms with E-state index in [9.17, 15) is 9.59 Å². The van der Waals surface area contributed by atoms with Crippen molar-refractivity contribution in [1.82, 2.24) is 19.8 Å². The monoisotopic (exact) mass is 606 g/mol. The van der Waals surface area contributed by atoms with E-state index in [1.165, 1.54) is 36.1 Å². The first kappa shape index (κ1) is 31.6. The Kier molecular flexibility index (Phi) is 9.26. The van der Waals surface area contributed by atoms with Gasteiger partial charge < -0.3 is 14.8 Å². The number of nitrogens with one attached hydrogen (secondary N) is 1. The van der Waals surface area contributed by atoms with Crippen LogP contribution >= 0.6 is 0 Å². The number of piperidine rings is 1. The Labute approximate surface area is 269 Å². The first-order chi connectivity index (χ1) is 21.5. The van der Waals surface area contributed by atoms with Crippen molar-refractivity contribution in [3.63, 3.8) is 0 Å². The molecule has 45 heavy (non-hydrogen) atoms. The highest BCUT2D eigenvalue weighted by Crippen LogP contribution is 2.39. The molecular weight excluding hydrogens is 556 g/mol. The number of carbonyl (C=O) groups is 1. The molecule has 2 aromatic heterocycles. The van der Waals surface area contributed by atoms with Crippen molar-refractivity contribution in [3.05, 3.63) is 92.7 Å². The van der Waals surface area contributed by atoms with Gasteiger partial charge in [0, 0.05) is 42.4 Å². The summed E-state index contributed by atoms with van der Waals surface area (Å²) in [5, 5.41) is 0. The van der Waals surface area contributed by atoms with Gasteiger partial charge in [0.25, 0.3) is 0 Å². The van der Waals surface area contributed by atoms with Gasteiger partial charge in [0.05, 0.1) is 5.69 Å². The number of aromatic amines is 1. The third kappa shape index (κ3) is 7.39. The lowest BCUT2D eigenvalue weighted by Crippen LogP contribution is -2.42. The molecule has 0 radical (unpaired) electrons. The van der Waals surface area contributed by atoms with Gasteiger partial charge in [-0.05, 0) is 136 Å². The fourth-order valence-corrected chi connectivity index (χ4v) is 7.61. The summed E-state index contributed by atoms with van der Waals surface area (Å²) in [6.45, 7) is 10.3. The van der Waals surface area contributed by atoms with Crippen LogP contribution in [0.15, 0.2) is 59.0 Å². The lowest BCUT2D eigenvalue weighted by Gasteiger charge is -2.35. The number of ketones is 1. The Hall–Kier alpha value is -3.35. The van der Waals surface area contributed by atoms with Gasteiger partial charge in [-0.2, -0.15) is 0 Å². The molecule has 1 N–H and O–H groups in total. The number of hydrogen-bond donors (Lipinski definition) is 1. The summed E-state index contributed by atoms with van der Waals surface area (Å²) in [6, 6.07) is 15.0. The number of hydrogen-bond acceptors (Lipinski definition) is 5. The summed E-state index contributed by atoms with van der Waals surface area (Å²) < 4.78 is 0. The van der Waals surface area contributed by atoms with E-state index in [0.29, 0.717) is 30.2 Å². The molecule has 6 rings (SSSR count). The molecule has 0 saturated carbocycles. The molecule has 1 fully saturated rings. The minimum atomic E-state index is -0.101. The highest BCUT2D eigenvalue weighted by Gasteiger charge is 2.31. The molecule has 3 heterocycles. The molecule has 1 aromatic carbocycles. The third-order valence-corrected chi connectivity index (χ3v) is 10.8. The molecule has 0 bridgehead atoms. The van der Waals surface area contributed by atoms with Crippen LogP contribution in [0, 0.1) is 11.3 Å². The number of H-pyrrole nitrogens is 1. The standard InChI is InChI=1S/C39H50N4O2/c1-39(2,3)33-11-12-35-31(22-33)20-30-21-32(23-36(30)41-35)37(44)24-28(14-17-43-18-15-34(16-19-43)42(4)5)26-6-8-27(9-7-26)29-10-13-38(45)40-25-29/h6-10,13,20-21,25,28,33-34H,11-12,14-19,22-24H2,1-5H3,(H,40,45)/t28-,33-/m0/s1. The van der Waals surface area contributed by atoms with Gasteiger partial charge in [0.2, 0.25) is 5.56 Å². The van der Waals surface area contributed by atoms with E-state index < -0.39 is 0 Å². The van der Waals surface area contributed by atoms with Crippen LogP contribution in [0.4, 0.5) is 0 Å². The van der Waals surface area contributed by atoms with Crippen LogP contribution in [0.2, 0.25) is 0 Å². The predicted molar refractivity (Wildman–Crippen MR) is 184 cm³/mol. The van der Waals surface area contributed by atoms with Gasteiger partial charge in [0.15, 0.2) is 5.78 Å². The molecule has 3 aliphatic rings. The summed E-state index contributed by atoms with van der Waals surface area (Å²) >= 11 is 0. The topological polar surface area (TPSA) is 69.3 Å². The first-order valence-corrected chi connectivity index (χ1v) is 17.0. The molecule has 0 spiro atoms. The number of rotatable bonds is 9. The molecular formula is C39H50N4O2. The average molecular weight is 607 g/mol. The minimum absolute atomic E-state index is 0.101. The molecule has 6 heteroatoms. The molecule has 2 atom stereocenters. The van der Waals surface area contributed by atoms with Crippen LogP contribution < -0.4 is 5.56 Å². The number of nitrogens with zero attached hydrogens (tertiary/aromatic N) is 3. The molecule has 1 aliphatic heterocycles. The second-order valence-corrected chi connectivity index (χ2v) is 15.0. The molecule has 0 unspecified atom stereocenters. The molecule has 3 aromatic rings. The summed E-state index contributed by atoms with van der Waals surface area (Å²) in [5.41, 5.74) is 9.21. The molecule has 6 nitrogen and oxygen atoms in total. The van der Waals surface area contributed by atoms with Crippen molar-refractivity contribution in [2.45, 2.75) is 84.1 Å². The second kappa shape index (κ2) is 13.2. The zero-order chi connectivity index (χ0) is 31.7. The quantitative estimate of drug-likeness (QED) is 0.294. The summed E-state index contributed by atoms with van der Waals surface area (Å²) in [6.07, 6.45) is 11.7. The number of benzene rings is 1. The van der Waals surface area contributed by atoms with Crippen molar-refractivity contribution in [2.24, 2.45) is 11.3 Å². The molecule has 0 amide bonds. The van der Waals surface area contributed by atoms with E-state index in [2.05, 4.69) is 86.1 Å². The SMILES string of the molecule is CN(C)C1CCN(CC[C@@H](CC(=O)C2=Cc3cc4c(nc3C2)CC[C@H](C(C)(C)C)C4)c2ccc(-c3ccc(=O)[nH]c3)cc2)CC1. The number of likely N-dealkylation sites (tertiary alicyclic amines) is 1. The fourth-order valence-electron chi connectivity index (χ4n) is 7.61. The van der Waals surface area contributed by atoms with Crippen LogP contribution in [0.3, 0.4) is 0 Å². The van der Waals surface area contributed by atoms with Gasteiger partial charge in [-0.15, -0.1) is 0 Å². The van der Waals surface area contributed by atoms with Gasteiger partial charge >= 0.3 is 0 Å². The van der Waals surface area contributed by atoms with Crippen LogP contribution in [0.1, 0.15) is 86.9 Å². The van der Waals surface area contributed by atoms with Crippen molar-refractivity contribution in [1.29, 1.82) is 0 Å². The number of allylic oxidation sites excluding steroid dienone is 1. The third-order valence-electron chi connectivity index (χ3n) is 10.8. The van der Waals surface area contributed by atoms with E-state index in [-0.39, 0.29) is 17.3 Å². The van der Waals surface area contributed by atoms with Gasteiger partial charge in [0.1, 0.15) is 0 Å². The van der Waals surface area contributed by atoms with E-state index in [0.717, 1.165) is 66.9 Å². The van der Waals surface area contributed by atoms with Crippen molar-refractivity contribution < 1.29 is 4.79 Å². The number of Topliss-reactive ketones (excluding diaryl/α,β-unsaturated/α-hetero) is 1. The van der Waals surface area contributed by atoms with Crippen LogP contribution in [0.25, 0.3) is 17.2 Å². The first-order valence-electron chi connectivity index (χ1n) is 17.0. The van der Waals surface area contributed by atoms with Gasteiger partial charge in [-0.3, -0.25) is 14.6 Å². The van der Waals surface area contributed by atoms with E-state index >= 15 is 0 Å². The number of aryl methyl sites for hydroxylation is 1. The van der Waals surface area contributed by atoms with E-state index in [1.807, 2.05) is 6.07 Å². The molecule has 238 valence electrons. The zero-order valence-electron chi connectivity index (χ0n) is 27.9. The van der Waals surface area contributed by atoms with E-state index in [1.54, 1.807) is 12.3 Å². The maximum atomic E-state index is 13.9. The average Bonchev–Trinajstić information content (AvgIpc) is 3.45. The number of pyridine rings is 2. The predicted octanol–water partition coefficient (Wildman–Crippen LogP) is 6.69. The Morgan fingerprint density at radius 1 is 1.02 bits per heavy atom. The smallest absolute Gasteiger partial charge is 0.247 e. The number of carbonyl (C=O) groups excluding carboxylic acids is 1. The van der Waals surface area contributed by atoms with Crippen molar-refractivity contribution in [3.8, 4) is 11.1 Å². The fraction of sp³-hybridized carbons (Fsp3) is 0.513. The van der Waals surface area contributed by atoms with Crippen LogP contribution in [0.5, 0.6) is 0 Å². The molecule has 2 aliphatic carbocycles. The number of aromatic nitrogens is 2. The second-order valence-electron chi connectivity index (χ2n) is 15.0. The molecule has 1 saturated heterocycles. The maximum absolute atomic E-state index is 13.9. The maximum Gasteiger partial charge on any atom is 0.247 e. The Morgan fingerprint density at radius 3 is 2.42 bits per heavy atom. The Bertz CT molecular complexity index is 1580. The van der Waals surface area contributed by atoms with E-state index in [4.69, 9.17) is 4.98 Å². The minimum Gasteiger partial charge on any atom is -0.328 e. The highest BCUT2D eigenvalue weighted by atomic mass is 16.1. The van der Waals surface area contributed by atoms with Gasteiger partial charge in [-0.25, -0.2) is 0 Å². The van der Waals surface area contributed by atoms with Crippen molar-refractivity contribution in [2.75, 3.05) is 33.7 Å². The highest BCUT2D eigenvalue weighted by molar-refractivity contribution is 6.02. The number of fused-ring (bicyclic) bond motifs is 2. The summed E-state index contributed by atoms with van der Waals surface area (Å²) in [5.74, 6) is 1.06. The lowest BCUT2D eigenvalue weighted by molar-refractivity contribution is -0.116. The lowest BCUT2D eigenvalue weighted by atomic mass is 9.71. The Balaban J connectivity index is 1.17. The van der Waals surface area contributed by atoms with Crippen LogP contribution in [-0.2, 0) is 24.1 Å². The summed E-state index contributed by atoms with van der Waals surface area (Å²) in [4.78, 5) is 38.3. The van der Waals surface area contributed by atoms with Crippen LogP contribution in [-0.4, -0.2) is 65.3 Å². The normalized spacial score (nSPS) is 19.7.